The van der Waals surface area contributed by atoms with Gasteiger partial charge in [-0.3, -0.25) is 9.78 Å². The second-order valence-corrected chi connectivity index (χ2v) is 5.87. The van der Waals surface area contributed by atoms with E-state index < -0.39 is 35.5 Å². The minimum Gasteiger partial charge on any atom is -0.394 e. The standard InChI is InChI=1S/C13H12Cl2N4O4/c14-3-2-13(15)8(21)7(5-20)23-11(13)19-4-1-6-9(19)17-12(16)18-10(6)22/h1,4,7-8,11,20-21H,5H2,(H3,16,17,18,22)/t7?,8?,11-,13-/m1/s1. The molecule has 122 valence electrons. The van der Waals surface area contributed by atoms with Gasteiger partial charge in [0.1, 0.15) is 12.2 Å². The van der Waals surface area contributed by atoms with Crippen LogP contribution in [0.5, 0.6) is 0 Å². The normalized spacial score (nSPS) is 30.3. The summed E-state index contributed by atoms with van der Waals surface area (Å²) in [6, 6.07) is 1.51. The number of nitrogen functional groups attached to an aromatic ring is 1. The Balaban J connectivity index is 2.20. The van der Waals surface area contributed by atoms with Gasteiger partial charge in [0.15, 0.2) is 16.7 Å². The summed E-state index contributed by atoms with van der Waals surface area (Å²) in [4.78, 5) is 16.7. The van der Waals surface area contributed by atoms with E-state index in [0.29, 0.717) is 0 Å². The van der Waals surface area contributed by atoms with Crippen LogP contribution in [0.15, 0.2) is 17.1 Å². The van der Waals surface area contributed by atoms with E-state index in [4.69, 9.17) is 33.7 Å². The first kappa shape index (κ1) is 16.1. The lowest BCUT2D eigenvalue weighted by molar-refractivity contribution is -0.0435. The third kappa shape index (κ3) is 2.38. The largest absolute Gasteiger partial charge is 0.394 e. The van der Waals surface area contributed by atoms with Crippen molar-refractivity contribution in [2.24, 2.45) is 0 Å². The lowest BCUT2D eigenvalue weighted by Gasteiger charge is -2.25. The SMILES string of the molecule is Nc1nc2c(ccn2[C@@H]2OC(CO)C(O)[C@]2(Cl)C#CCl)c(=O)[nH]1. The van der Waals surface area contributed by atoms with Crippen LogP contribution >= 0.6 is 23.2 Å². The van der Waals surface area contributed by atoms with Crippen LogP contribution in [0.1, 0.15) is 6.23 Å². The van der Waals surface area contributed by atoms with E-state index in [2.05, 4.69) is 21.3 Å². The molecule has 1 aliphatic heterocycles. The van der Waals surface area contributed by atoms with Crippen LogP contribution in [0, 0.1) is 11.3 Å². The van der Waals surface area contributed by atoms with Crippen LogP contribution in [-0.2, 0) is 4.74 Å². The van der Waals surface area contributed by atoms with Crippen molar-refractivity contribution in [1.29, 1.82) is 0 Å². The van der Waals surface area contributed by atoms with Crippen molar-refractivity contribution in [3.05, 3.63) is 22.6 Å². The maximum absolute atomic E-state index is 11.9. The monoisotopic (exact) mass is 358 g/mol. The molecule has 8 nitrogen and oxygen atoms in total. The molecule has 2 aromatic rings. The summed E-state index contributed by atoms with van der Waals surface area (Å²) in [5.41, 5.74) is 5.35. The predicted octanol–water partition coefficient (Wildman–Crippen LogP) is -0.265. The predicted molar refractivity (Wildman–Crippen MR) is 84.0 cm³/mol. The Morgan fingerprint density at radius 1 is 1.61 bits per heavy atom. The lowest BCUT2D eigenvalue weighted by atomic mass is 9.99. The second kappa shape index (κ2) is 5.70. The number of nitrogens with two attached hydrogens (primary N) is 1. The number of anilines is 1. The Morgan fingerprint density at radius 2 is 2.35 bits per heavy atom. The number of H-pyrrole nitrogens is 1. The topological polar surface area (TPSA) is 126 Å². The first-order chi connectivity index (χ1) is 10.9. The third-order valence-corrected chi connectivity index (χ3v) is 4.32. The number of nitrogens with one attached hydrogen (secondary N) is 1. The van der Waals surface area contributed by atoms with Crippen LogP contribution in [0.3, 0.4) is 0 Å². The molecule has 5 N–H and O–H groups in total. The Morgan fingerprint density at radius 3 is 3.00 bits per heavy atom. The van der Waals surface area contributed by atoms with Crippen LogP contribution in [-0.4, -0.2) is 48.4 Å². The molecule has 4 atom stereocenters. The van der Waals surface area contributed by atoms with E-state index in [-0.39, 0.29) is 17.0 Å². The zero-order valence-electron chi connectivity index (χ0n) is 11.5. The molecule has 2 aromatic heterocycles. The number of hydrogen-bond donors (Lipinski definition) is 4. The number of halogens is 2. The van der Waals surface area contributed by atoms with Gasteiger partial charge in [-0.25, -0.2) is 0 Å². The summed E-state index contributed by atoms with van der Waals surface area (Å²) < 4.78 is 7.02. The van der Waals surface area contributed by atoms with Gasteiger partial charge >= 0.3 is 0 Å². The molecule has 1 fully saturated rings. The Kier molecular flexibility index (Phi) is 4.00. The highest BCUT2D eigenvalue weighted by Crippen LogP contribution is 2.44. The van der Waals surface area contributed by atoms with Crippen LogP contribution < -0.4 is 11.3 Å². The molecular weight excluding hydrogens is 347 g/mol. The van der Waals surface area contributed by atoms with Gasteiger partial charge in [-0.1, -0.05) is 17.5 Å². The highest BCUT2D eigenvalue weighted by molar-refractivity contribution is 6.32. The first-order valence-electron chi connectivity index (χ1n) is 6.54. The van der Waals surface area contributed by atoms with Gasteiger partial charge < -0.3 is 25.3 Å². The Labute approximate surface area is 139 Å². The fraction of sp³-hybridized carbons (Fsp3) is 0.385. The number of hydrogen-bond acceptors (Lipinski definition) is 6. The van der Waals surface area contributed by atoms with Crippen molar-refractivity contribution >= 4 is 40.2 Å². The van der Waals surface area contributed by atoms with Crippen LogP contribution in [0.4, 0.5) is 5.95 Å². The highest BCUT2D eigenvalue weighted by atomic mass is 35.5. The molecule has 0 saturated carbocycles. The maximum atomic E-state index is 11.9. The first-order valence-corrected chi connectivity index (χ1v) is 7.30. The lowest BCUT2D eigenvalue weighted by Crippen LogP contribution is -2.41. The number of aromatic amines is 1. The molecule has 3 rings (SSSR count). The molecule has 0 amide bonds. The summed E-state index contributed by atoms with van der Waals surface area (Å²) in [5, 5.41) is 22.0. The van der Waals surface area contributed by atoms with Gasteiger partial charge in [0.05, 0.1) is 12.0 Å². The zero-order valence-corrected chi connectivity index (χ0v) is 13.0. The van der Waals surface area contributed by atoms with Gasteiger partial charge in [-0.15, -0.1) is 0 Å². The Bertz CT molecular complexity index is 870. The molecule has 10 heteroatoms. The molecule has 0 aliphatic carbocycles. The van der Waals surface area contributed by atoms with Gasteiger partial charge in [-0.2, -0.15) is 4.98 Å². The molecule has 0 spiro atoms. The zero-order chi connectivity index (χ0) is 16.8. The number of aromatic nitrogens is 3. The van der Waals surface area contributed by atoms with E-state index in [0.717, 1.165) is 0 Å². The van der Waals surface area contributed by atoms with Crippen molar-refractivity contribution in [1.82, 2.24) is 14.5 Å². The average Bonchev–Trinajstić information content (AvgIpc) is 3.01. The van der Waals surface area contributed by atoms with Crippen molar-refractivity contribution in [2.75, 3.05) is 12.3 Å². The average molecular weight is 359 g/mol. The van der Waals surface area contributed by atoms with Crippen molar-refractivity contribution in [2.45, 2.75) is 23.3 Å². The van der Waals surface area contributed by atoms with E-state index in [1.54, 1.807) is 0 Å². The molecule has 0 bridgehead atoms. The molecule has 3 heterocycles. The Hall–Kier alpha value is -1.76. The van der Waals surface area contributed by atoms with E-state index in [1.807, 2.05) is 0 Å². The molecular formula is C13H12Cl2N4O4. The summed E-state index contributed by atoms with van der Waals surface area (Å²) in [7, 11) is 0. The van der Waals surface area contributed by atoms with E-state index in [1.165, 1.54) is 16.8 Å². The number of alkyl halides is 1. The minimum atomic E-state index is -1.62. The van der Waals surface area contributed by atoms with Crippen molar-refractivity contribution < 1.29 is 14.9 Å². The van der Waals surface area contributed by atoms with E-state index in [9.17, 15) is 15.0 Å². The van der Waals surface area contributed by atoms with Gasteiger partial charge in [0.2, 0.25) is 5.95 Å². The molecule has 0 radical (unpaired) electrons. The van der Waals surface area contributed by atoms with Gasteiger partial charge in [0.25, 0.3) is 5.56 Å². The fourth-order valence-electron chi connectivity index (χ4n) is 2.62. The fourth-order valence-corrected chi connectivity index (χ4v) is 3.17. The quantitative estimate of drug-likeness (QED) is 0.432. The number of nitrogens with zero attached hydrogens (tertiary/aromatic N) is 2. The summed E-state index contributed by atoms with van der Waals surface area (Å²) >= 11 is 11.9. The summed E-state index contributed by atoms with van der Waals surface area (Å²) in [6.07, 6.45) is -1.79. The summed E-state index contributed by atoms with van der Waals surface area (Å²) in [6.45, 7) is -0.467. The van der Waals surface area contributed by atoms with Gasteiger partial charge in [0, 0.05) is 11.6 Å². The minimum absolute atomic E-state index is 0.0803. The number of rotatable bonds is 2. The molecule has 23 heavy (non-hydrogen) atoms. The molecule has 1 aliphatic rings. The molecule has 2 unspecified atom stereocenters. The summed E-state index contributed by atoms with van der Waals surface area (Å²) in [5.74, 6) is 2.42. The van der Waals surface area contributed by atoms with E-state index >= 15 is 0 Å². The smallest absolute Gasteiger partial charge is 0.261 e. The van der Waals surface area contributed by atoms with Crippen LogP contribution in [0.2, 0.25) is 0 Å². The maximum Gasteiger partial charge on any atom is 0.261 e. The van der Waals surface area contributed by atoms with Crippen molar-refractivity contribution in [3.63, 3.8) is 0 Å². The number of aliphatic hydroxyl groups excluding tert-OH is 2. The molecule has 1 saturated heterocycles. The number of ether oxygens (including phenoxy) is 1. The highest BCUT2D eigenvalue weighted by Gasteiger charge is 2.55. The van der Waals surface area contributed by atoms with Crippen molar-refractivity contribution in [3.8, 4) is 11.3 Å². The van der Waals surface area contributed by atoms with Crippen LogP contribution in [0.25, 0.3) is 11.0 Å². The number of aliphatic hydroxyl groups is 2. The second-order valence-electron chi connectivity index (χ2n) is 5.05. The van der Waals surface area contributed by atoms with Gasteiger partial charge in [-0.05, 0) is 17.7 Å². The number of fused-ring (bicyclic) bond motifs is 1. The molecule has 0 aromatic carbocycles. The third-order valence-electron chi connectivity index (χ3n) is 3.72.